The molecule has 0 saturated carbocycles. The van der Waals surface area contributed by atoms with Crippen LogP contribution >= 0.6 is 0 Å². The molecule has 3 nitrogen and oxygen atoms in total. The molecule has 6 heteroatoms. The van der Waals surface area contributed by atoms with Crippen molar-refractivity contribution in [3.05, 3.63) is 70.8 Å². The minimum absolute atomic E-state index is 0.359. The molecule has 0 fully saturated rings. The largest absolute Gasteiger partial charge is 0.416 e. The molecule has 0 saturated heterocycles. The summed E-state index contributed by atoms with van der Waals surface area (Å²) in [6, 6.07) is 12.3. The average molecular weight is 318 g/mol. The SMILES string of the molecule is C[C@@H](NC(=O)c1ccc(C#N)cc1)c1ccc(C(F)(F)F)cc1. The number of nitriles is 1. The lowest BCUT2D eigenvalue weighted by Gasteiger charge is -2.15. The lowest BCUT2D eigenvalue weighted by molar-refractivity contribution is -0.137. The van der Waals surface area contributed by atoms with Crippen LogP contribution in [0.3, 0.4) is 0 Å². The summed E-state index contributed by atoms with van der Waals surface area (Å²) in [5.41, 5.74) is 0.659. The van der Waals surface area contributed by atoms with Crippen molar-refractivity contribution >= 4 is 5.91 Å². The predicted molar refractivity (Wildman–Crippen MR) is 78.5 cm³/mol. The first kappa shape index (κ1) is 16.6. The van der Waals surface area contributed by atoms with Gasteiger partial charge in [0.05, 0.1) is 23.2 Å². The highest BCUT2D eigenvalue weighted by Crippen LogP contribution is 2.29. The summed E-state index contributed by atoms with van der Waals surface area (Å²) in [6.07, 6.45) is -4.38. The van der Waals surface area contributed by atoms with Crippen LogP contribution in [0, 0.1) is 11.3 Å². The van der Waals surface area contributed by atoms with Crippen molar-refractivity contribution in [3.8, 4) is 6.07 Å². The lowest BCUT2D eigenvalue weighted by atomic mass is 10.0. The molecule has 2 aromatic carbocycles. The molecule has 0 aliphatic heterocycles. The molecule has 0 heterocycles. The molecule has 0 aliphatic rings. The molecule has 23 heavy (non-hydrogen) atoms. The van der Waals surface area contributed by atoms with Gasteiger partial charge >= 0.3 is 6.18 Å². The Morgan fingerprint density at radius 3 is 2.13 bits per heavy atom. The number of hydrogen-bond donors (Lipinski definition) is 1. The molecular formula is C17H13F3N2O. The molecule has 2 aromatic rings. The van der Waals surface area contributed by atoms with Crippen molar-refractivity contribution in [1.82, 2.24) is 5.32 Å². The van der Waals surface area contributed by atoms with Crippen LogP contribution in [-0.2, 0) is 6.18 Å². The van der Waals surface area contributed by atoms with Gasteiger partial charge in [0.1, 0.15) is 0 Å². The number of alkyl halides is 3. The van der Waals surface area contributed by atoms with E-state index >= 15 is 0 Å². The van der Waals surface area contributed by atoms with Crippen molar-refractivity contribution < 1.29 is 18.0 Å². The summed E-state index contributed by atoms with van der Waals surface area (Å²) in [5.74, 6) is -0.359. The van der Waals surface area contributed by atoms with Crippen molar-refractivity contribution in [2.45, 2.75) is 19.1 Å². The smallest absolute Gasteiger partial charge is 0.346 e. The highest BCUT2D eigenvalue weighted by molar-refractivity contribution is 5.94. The summed E-state index contributed by atoms with van der Waals surface area (Å²) in [6.45, 7) is 1.68. The van der Waals surface area contributed by atoms with Gasteiger partial charge in [-0.05, 0) is 48.9 Å². The Morgan fingerprint density at radius 1 is 1.09 bits per heavy atom. The molecule has 118 valence electrons. The number of carbonyl (C=O) groups is 1. The molecular weight excluding hydrogens is 305 g/mol. The van der Waals surface area contributed by atoms with Crippen LogP contribution in [0.15, 0.2) is 48.5 Å². The van der Waals surface area contributed by atoms with Gasteiger partial charge in [0.15, 0.2) is 0 Å². The lowest BCUT2D eigenvalue weighted by Crippen LogP contribution is -2.26. The molecule has 0 radical (unpaired) electrons. The molecule has 1 atom stereocenters. The van der Waals surface area contributed by atoms with E-state index in [-0.39, 0.29) is 5.91 Å². The fourth-order valence-corrected chi connectivity index (χ4v) is 2.02. The van der Waals surface area contributed by atoms with Gasteiger partial charge in [0.25, 0.3) is 5.91 Å². The fourth-order valence-electron chi connectivity index (χ4n) is 2.02. The first-order chi connectivity index (χ1) is 10.8. The number of amides is 1. The minimum atomic E-state index is -4.38. The first-order valence-electron chi connectivity index (χ1n) is 6.79. The van der Waals surface area contributed by atoms with E-state index in [0.29, 0.717) is 16.7 Å². The summed E-state index contributed by atoms with van der Waals surface area (Å²) in [4.78, 5) is 12.1. The van der Waals surface area contributed by atoms with Crippen LogP contribution in [0.5, 0.6) is 0 Å². The van der Waals surface area contributed by atoms with E-state index in [4.69, 9.17) is 5.26 Å². The third-order valence-corrected chi connectivity index (χ3v) is 3.36. The number of carbonyl (C=O) groups excluding carboxylic acids is 1. The maximum Gasteiger partial charge on any atom is 0.416 e. The van der Waals surface area contributed by atoms with E-state index in [0.717, 1.165) is 12.1 Å². The summed E-state index contributed by atoms with van der Waals surface area (Å²) >= 11 is 0. The van der Waals surface area contributed by atoms with Crippen molar-refractivity contribution in [1.29, 1.82) is 5.26 Å². The number of hydrogen-bond acceptors (Lipinski definition) is 2. The molecule has 0 bridgehead atoms. The van der Waals surface area contributed by atoms with Gasteiger partial charge < -0.3 is 5.32 Å². The van der Waals surface area contributed by atoms with Crippen LogP contribution in [0.4, 0.5) is 13.2 Å². The molecule has 1 amide bonds. The first-order valence-corrected chi connectivity index (χ1v) is 6.79. The number of benzene rings is 2. The Balaban J connectivity index is 2.07. The van der Waals surface area contributed by atoms with Crippen LogP contribution in [0.1, 0.15) is 40.0 Å². The van der Waals surface area contributed by atoms with E-state index in [1.807, 2.05) is 6.07 Å². The predicted octanol–water partition coefficient (Wildman–Crippen LogP) is 4.07. The summed E-state index contributed by atoms with van der Waals surface area (Å²) < 4.78 is 37.6. The molecule has 0 spiro atoms. The Labute approximate surface area is 131 Å². The van der Waals surface area contributed by atoms with Gasteiger partial charge in [0.2, 0.25) is 0 Å². The van der Waals surface area contributed by atoms with Crippen LogP contribution in [-0.4, -0.2) is 5.91 Å². The van der Waals surface area contributed by atoms with Gasteiger partial charge in [-0.2, -0.15) is 18.4 Å². The van der Waals surface area contributed by atoms with Gasteiger partial charge in [-0.25, -0.2) is 0 Å². The highest BCUT2D eigenvalue weighted by Gasteiger charge is 2.30. The van der Waals surface area contributed by atoms with Crippen molar-refractivity contribution in [3.63, 3.8) is 0 Å². The third kappa shape index (κ3) is 4.10. The number of nitrogens with zero attached hydrogens (tertiary/aromatic N) is 1. The Kier molecular flexibility index (Phi) is 4.70. The average Bonchev–Trinajstić information content (AvgIpc) is 2.54. The highest BCUT2D eigenvalue weighted by atomic mass is 19.4. The van der Waals surface area contributed by atoms with Crippen molar-refractivity contribution in [2.24, 2.45) is 0 Å². The molecule has 0 aromatic heterocycles. The second-order valence-electron chi connectivity index (χ2n) is 5.00. The van der Waals surface area contributed by atoms with E-state index in [9.17, 15) is 18.0 Å². The Bertz CT molecular complexity index is 728. The molecule has 1 N–H and O–H groups in total. The molecule has 0 unspecified atom stereocenters. The fraction of sp³-hybridized carbons (Fsp3) is 0.176. The Morgan fingerprint density at radius 2 is 1.65 bits per heavy atom. The number of nitrogens with one attached hydrogen (secondary N) is 1. The summed E-state index contributed by atoms with van der Waals surface area (Å²) in [7, 11) is 0. The van der Waals surface area contributed by atoms with Crippen LogP contribution in [0.25, 0.3) is 0 Å². The van der Waals surface area contributed by atoms with Gasteiger partial charge in [-0.1, -0.05) is 12.1 Å². The second-order valence-corrected chi connectivity index (χ2v) is 5.00. The van der Waals surface area contributed by atoms with Crippen LogP contribution in [0.2, 0.25) is 0 Å². The maximum atomic E-state index is 12.5. The standard InChI is InChI=1S/C17H13F3N2O/c1-11(13-6-8-15(9-7-13)17(18,19)20)22-16(23)14-4-2-12(10-21)3-5-14/h2-9,11H,1H3,(H,22,23)/t11-/m1/s1. The van der Waals surface area contributed by atoms with E-state index in [1.165, 1.54) is 36.4 Å². The van der Waals surface area contributed by atoms with E-state index < -0.39 is 17.8 Å². The van der Waals surface area contributed by atoms with Gasteiger partial charge in [-0.15, -0.1) is 0 Å². The van der Waals surface area contributed by atoms with E-state index in [2.05, 4.69) is 5.32 Å². The number of rotatable bonds is 3. The third-order valence-electron chi connectivity index (χ3n) is 3.36. The van der Waals surface area contributed by atoms with Gasteiger partial charge in [0, 0.05) is 5.56 Å². The van der Waals surface area contributed by atoms with E-state index in [1.54, 1.807) is 6.92 Å². The van der Waals surface area contributed by atoms with Crippen LogP contribution < -0.4 is 5.32 Å². The summed E-state index contributed by atoms with van der Waals surface area (Å²) in [5, 5.41) is 11.4. The number of halogens is 3. The minimum Gasteiger partial charge on any atom is -0.346 e. The van der Waals surface area contributed by atoms with Crippen molar-refractivity contribution in [2.75, 3.05) is 0 Å². The molecule has 0 aliphatic carbocycles. The zero-order valence-electron chi connectivity index (χ0n) is 12.2. The quantitative estimate of drug-likeness (QED) is 0.927. The Hall–Kier alpha value is -2.81. The second kappa shape index (κ2) is 6.53. The maximum absolute atomic E-state index is 12.5. The molecule has 2 rings (SSSR count). The zero-order valence-corrected chi connectivity index (χ0v) is 12.2. The van der Waals surface area contributed by atoms with Gasteiger partial charge in [-0.3, -0.25) is 4.79 Å². The topological polar surface area (TPSA) is 52.9 Å². The zero-order chi connectivity index (χ0) is 17.0. The monoisotopic (exact) mass is 318 g/mol. The normalized spacial score (nSPS) is 12.3.